The van der Waals surface area contributed by atoms with Crippen LogP contribution >= 0.6 is 0 Å². The second-order valence-electron chi connectivity index (χ2n) is 6.13. The molecule has 3 nitrogen and oxygen atoms in total. The molecule has 108 valence electrons. The number of nitrogens with two attached hydrogens (primary N) is 1. The molecule has 2 rings (SSSR count). The lowest BCUT2D eigenvalue weighted by Crippen LogP contribution is -2.14. The Morgan fingerprint density at radius 3 is 2.74 bits per heavy atom. The molecular weight excluding hydrogens is 234 g/mol. The summed E-state index contributed by atoms with van der Waals surface area (Å²) in [5.74, 6) is 3.55. The number of rotatable bonds is 5. The van der Waals surface area contributed by atoms with Crippen LogP contribution < -0.4 is 5.73 Å². The van der Waals surface area contributed by atoms with E-state index in [4.69, 9.17) is 10.7 Å². The van der Waals surface area contributed by atoms with Crippen LogP contribution in [0.25, 0.3) is 0 Å². The summed E-state index contributed by atoms with van der Waals surface area (Å²) < 4.78 is 2.26. The highest BCUT2D eigenvalue weighted by molar-refractivity contribution is 5.41. The Kier molecular flexibility index (Phi) is 4.89. The van der Waals surface area contributed by atoms with Gasteiger partial charge in [0, 0.05) is 18.9 Å². The van der Waals surface area contributed by atoms with Gasteiger partial charge in [-0.3, -0.25) is 0 Å². The molecule has 1 saturated carbocycles. The first-order valence-electron chi connectivity index (χ1n) is 8.02. The first kappa shape index (κ1) is 14.4. The number of hydrogen-bond donors (Lipinski definition) is 1. The summed E-state index contributed by atoms with van der Waals surface area (Å²) in [6.07, 6.45) is 8.60. The average molecular weight is 263 g/mol. The Morgan fingerprint density at radius 1 is 1.32 bits per heavy atom. The third kappa shape index (κ3) is 3.13. The fraction of sp³-hybridized carbons (Fsp3) is 0.812. The molecule has 0 radical (unpaired) electrons. The molecular formula is C16H29N3. The van der Waals surface area contributed by atoms with Crippen LogP contribution in [0.2, 0.25) is 0 Å². The number of aryl methyl sites for hydroxylation is 1. The molecule has 1 aromatic heterocycles. The fourth-order valence-electron chi connectivity index (χ4n) is 3.35. The second-order valence-corrected chi connectivity index (χ2v) is 6.13. The maximum Gasteiger partial charge on any atom is 0.127 e. The Balaban J connectivity index is 2.22. The van der Waals surface area contributed by atoms with Gasteiger partial charge < -0.3 is 10.3 Å². The van der Waals surface area contributed by atoms with Crippen LogP contribution in [0.1, 0.15) is 76.7 Å². The van der Waals surface area contributed by atoms with Crippen LogP contribution in [0.15, 0.2) is 0 Å². The molecule has 19 heavy (non-hydrogen) atoms. The fourth-order valence-corrected chi connectivity index (χ4v) is 3.35. The highest BCUT2D eigenvalue weighted by Gasteiger charge is 2.26. The largest absolute Gasteiger partial charge is 0.384 e. The summed E-state index contributed by atoms with van der Waals surface area (Å²) in [6.45, 7) is 7.79. The summed E-state index contributed by atoms with van der Waals surface area (Å²) in [4.78, 5) is 4.88. The van der Waals surface area contributed by atoms with E-state index < -0.39 is 0 Å². The molecule has 0 bridgehead atoms. The summed E-state index contributed by atoms with van der Waals surface area (Å²) in [6, 6.07) is 0. The zero-order valence-corrected chi connectivity index (χ0v) is 12.8. The Hall–Kier alpha value is -0.990. The lowest BCUT2D eigenvalue weighted by molar-refractivity contribution is 0.341. The van der Waals surface area contributed by atoms with Crippen LogP contribution in [0.5, 0.6) is 0 Å². The third-order valence-electron chi connectivity index (χ3n) is 4.49. The van der Waals surface area contributed by atoms with Gasteiger partial charge in [-0.15, -0.1) is 0 Å². The van der Waals surface area contributed by atoms with E-state index in [9.17, 15) is 0 Å². The maximum absolute atomic E-state index is 6.40. The first-order valence-corrected chi connectivity index (χ1v) is 8.02. The Morgan fingerprint density at radius 2 is 2.11 bits per heavy atom. The van der Waals surface area contributed by atoms with Crippen LogP contribution in [0, 0.1) is 5.92 Å². The van der Waals surface area contributed by atoms with Gasteiger partial charge in [0.25, 0.3) is 0 Å². The smallest absolute Gasteiger partial charge is 0.127 e. The van der Waals surface area contributed by atoms with Gasteiger partial charge in [0.1, 0.15) is 11.6 Å². The van der Waals surface area contributed by atoms with Gasteiger partial charge >= 0.3 is 0 Å². The van der Waals surface area contributed by atoms with Gasteiger partial charge in [0.2, 0.25) is 0 Å². The number of anilines is 1. The van der Waals surface area contributed by atoms with Crippen molar-refractivity contribution in [2.24, 2.45) is 5.92 Å². The number of unbranched alkanes of at least 4 members (excludes halogenated alkanes) is 1. The molecule has 1 aliphatic rings. The van der Waals surface area contributed by atoms with Crippen molar-refractivity contribution in [3.05, 3.63) is 11.5 Å². The van der Waals surface area contributed by atoms with Crippen molar-refractivity contribution >= 4 is 5.82 Å². The normalized spacial score (nSPS) is 23.7. The molecule has 0 aliphatic heterocycles. The molecule has 2 N–H and O–H groups in total. The molecule has 2 atom stereocenters. The van der Waals surface area contributed by atoms with E-state index >= 15 is 0 Å². The number of nitrogens with zero attached hydrogens (tertiary/aromatic N) is 2. The lowest BCUT2D eigenvalue weighted by Gasteiger charge is -2.25. The molecule has 0 spiro atoms. The van der Waals surface area contributed by atoms with Crippen LogP contribution in [-0.2, 0) is 13.0 Å². The minimum absolute atomic E-state index is 0.594. The monoisotopic (exact) mass is 263 g/mol. The maximum atomic E-state index is 6.40. The number of hydrogen-bond acceptors (Lipinski definition) is 2. The quantitative estimate of drug-likeness (QED) is 0.868. The molecule has 2 unspecified atom stereocenters. The Bertz CT molecular complexity index is 408. The number of aromatic nitrogens is 2. The van der Waals surface area contributed by atoms with Gasteiger partial charge in [0.05, 0.1) is 5.69 Å². The van der Waals surface area contributed by atoms with Crippen molar-refractivity contribution in [3.63, 3.8) is 0 Å². The highest BCUT2D eigenvalue weighted by Crippen LogP contribution is 2.38. The molecule has 1 fully saturated rings. The second kappa shape index (κ2) is 6.44. The minimum atomic E-state index is 0.594. The molecule has 1 aromatic rings. The van der Waals surface area contributed by atoms with Crippen LogP contribution in [0.3, 0.4) is 0 Å². The molecule has 0 saturated heterocycles. The summed E-state index contributed by atoms with van der Waals surface area (Å²) in [5, 5.41) is 0. The van der Waals surface area contributed by atoms with Gasteiger partial charge in [-0.1, -0.05) is 40.0 Å². The van der Waals surface area contributed by atoms with Crippen molar-refractivity contribution in [3.8, 4) is 0 Å². The van der Waals surface area contributed by atoms with Gasteiger partial charge in [0.15, 0.2) is 0 Å². The van der Waals surface area contributed by atoms with Gasteiger partial charge in [-0.2, -0.15) is 0 Å². The highest BCUT2D eigenvalue weighted by atomic mass is 15.1. The molecule has 1 heterocycles. The van der Waals surface area contributed by atoms with Crippen molar-refractivity contribution in [2.45, 2.75) is 78.2 Å². The van der Waals surface area contributed by atoms with E-state index in [1.165, 1.54) is 50.0 Å². The number of nitrogen functional groups attached to an aromatic ring is 1. The van der Waals surface area contributed by atoms with E-state index in [0.717, 1.165) is 24.7 Å². The molecule has 3 heteroatoms. The minimum Gasteiger partial charge on any atom is -0.384 e. The summed E-state index contributed by atoms with van der Waals surface area (Å²) in [5.41, 5.74) is 7.59. The first-order chi connectivity index (χ1) is 9.17. The topological polar surface area (TPSA) is 43.8 Å². The van der Waals surface area contributed by atoms with Crippen molar-refractivity contribution in [1.29, 1.82) is 0 Å². The molecule has 0 amide bonds. The van der Waals surface area contributed by atoms with Crippen molar-refractivity contribution in [2.75, 3.05) is 5.73 Å². The van der Waals surface area contributed by atoms with E-state index in [2.05, 4.69) is 25.3 Å². The zero-order chi connectivity index (χ0) is 13.8. The lowest BCUT2D eigenvalue weighted by atomic mass is 9.81. The number of imidazole rings is 1. The van der Waals surface area contributed by atoms with E-state index in [0.29, 0.717) is 5.92 Å². The van der Waals surface area contributed by atoms with Crippen LogP contribution in [0.4, 0.5) is 5.82 Å². The summed E-state index contributed by atoms with van der Waals surface area (Å²) in [7, 11) is 0. The predicted molar refractivity (Wildman–Crippen MR) is 81.3 cm³/mol. The van der Waals surface area contributed by atoms with Crippen molar-refractivity contribution in [1.82, 2.24) is 9.55 Å². The van der Waals surface area contributed by atoms with E-state index in [1.807, 2.05) is 0 Å². The van der Waals surface area contributed by atoms with E-state index in [1.54, 1.807) is 0 Å². The van der Waals surface area contributed by atoms with Gasteiger partial charge in [-0.25, -0.2) is 4.98 Å². The van der Waals surface area contributed by atoms with E-state index in [-0.39, 0.29) is 0 Å². The zero-order valence-electron chi connectivity index (χ0n) is 12.8. The predicted octanol–water partition coefficient (Wildman–Crippen LogP) is 4.12. The van der Waals surface area contributed by atoms with Gasteiger partial charge in [-0.05, 0) is 25.2 Å². The van der Waals surface area contributed by atoms with Crippen molar-refractivity contribution < 1.29 is 0 Å². The molecule has 1 aliphatic carbocycles. The van der Waals surface area contributed by atoms with Crippen LogP contribution in [-0.4, -0.2) is 9.55 Å². The SMILES string of the molecule is CCCCn1c(CC)nc(C2CCCC(C)C2)c1N. The Labute approximate surface area is 117 Å². The average Bonchev–Trinajstić information content (AvgIpc) is 2.73. The molecule has 0 aromatic carbocycles. The third-order valence-corrected chi connectivity index (χ3v) is 4.49. The standard InChI is InChI=1S/C16H29N3/c1-4-6-10-19-14(5-2)18-15(16(19)17)13-9-7-8-12(3)11-13/h12-13H,4-11,17H2,1-3H3. The summed E-state index contributed by atoms with van der Waals surface area (Å²) >= 11 is 0.